The second-order valence-corrected chi connectivity index (χ2v) is 7.14. The lowest BCUT2D eigenvalue weighted by Crippen LogP contribution is -2.53. The molecule has 0 unspecified atom stereocenters. The van der Waals surface area contributed by atoms with Gasteiger partial charge in [0.15, 0.2) is 5.13 Å². The maximum atomic E-state index is 10.2. The fourth-order valence-corrected chi connectivity index (χ4v) is 3.85. The Kier molecular flexibility index (Phi) is 6.20. The minimum atomic E-state index is -0.452. The molecule has 6 heteroatoms. The molecular weight excluding hydrogens is 322 g/mol. The second kappa shape index (κ2) is 8.58. The summed E-state index contributed by atoms with van der Waals surface area (Å²) in [6.07, 6.45) is 1.40. The Morgan fingerprint density at radius 3 is 2.88 bits per heavy atom. The zero-order valence-electron chi connectivity index (χ0n) is 14.0. The van der Waals surface area contributed by atoms with Crippen LogP contribution in [0, 0.1) is 0 Å². The SMILES string of the molecule is C[C@@H]1CN(C[C@@H](O)COCc2ccccc2)CCN1c1nccs1. The number of nitrogens with zero attached hydrogens (tertiary/aromatic N) is 3. The summed E-state index contributed by atoms with van der Waals surface area (Å²) in [6.45, 7) is 6.63. The van der Waals surface area contributed by atoms with Crippen LogP contribution in [0.25, 0.3) is 0 Å². The Labute approximate surface area is 147 Å². The zero-order chi connectivity index (χ0) is 16.8. The van der Waals surface area contributed by atoms with Crippen molar-refractivity contribution in [3.8, 4) is 0 Å². The number of ether oxygens (including phenoxy) is 1. The molecular formula is C18H25N3O2S. The van der Waals surface area contributed by atoms with Crippen LogP contribution in [0.2, 0.25) is 0 Å². The molecule has 0 bridgehead atoms. The van der Waals surface area contributed by atoms with Crippen molar-refractivity contribution in [1.29, 1.82) is 0 Å². The van der Waals surface area contributed by atoms with E-state index < -0.39 is 6.10 Å². The van der Waals surface area contributed by atoms with E-state index in [0.29, 0.717) is 25.8 Å². The summed E-state index contributed by atoms with van der Waals surface area (Å²) in [5.74, 6) is 0. The largest absolute Gasteiger partial charge is 0.389 e. The lowest BCUT2D eigenvalue weighted by molar-refractivity contribution is 0.00743. The van der Waals surface area contributed by atoms with Crippen LogP contribution in [0.3, 0.4) is 0 Å². The standard InChI is InChI=1S/C18H25N3O2S/c1-15-11-20(8-9-21(15)18-19-7-10-24-18)12-17(22)14-23-13-16-5-3-2-4-6-16/h2-7,10,15,17,22H,8-9,11-14H2,1H3/t15-,17-/m1/s1. The number of rotatable bonds is 7. The molecule has 130 valence electrons. The maximum absolute atomic E-state index is 10.2. The Hall–Kier alpha value is -1.47. The highest BCUT2D eigenvalue weighted by Gasteiger charge is 2.26. The topological polar surface area (TPSA) is 48.8 Å². The first-order chi connectivity index (χ1) is 11.7. The van der Waals surface area contributed by atoms with Gasteiger partial charge in [-0.3, -0.25) is 4.90 Å². The van der Waals surface area contributed by atoms with E-state index in [1.807, 2.05) is 41.9 Å². The van der Waals surface area contributed by atoms with Crippen molar-refractivity contribution in [2.45, 2.75) is 25.7 Å². The third-order valence-electron chi connectivity index (χ3n) is 4.27. The fraction of sp³-hybridized carbons (Fsp3) is 0.500. The van der Waals surface area contributed by atoms with Gasteiger partial charge in [-0.2, -0.15) is 0 Å². The fourth-order valence-electron chi connectivity index (χ4n) is 3.08. The number of piperazine rings is 1. The maximum Gasteiger partial charge on any atom is 0.185 e. The van der Waals surface area contributed by atoms with E-state index in [9.17, 15) is 5.11 Å². The summed E-state index contributed by atoms with van der Waals surface area (Å²) in [7, 11) is 0. The van der Waals surface area contributed by atoms with E-state index in [1.54, 1.807) is 11.3 Å². The predicted molar refractivity (Wildman–Crippen MR) is 97.5 cm³/mol. The van der Waals surface area contributed by atoms with Crippen molar-refractivity contribution in [2.75, 3.05) is 37.7 Å². The molecule has 1 N–H and O–H groups in total. The molecule has 1 saturated heterocycles. The van der Waals surface area contributed by atoms with E-state index in [-0.39, 0.29) is 0 Å². The van der Waals surface area contributed by atoms with Crippen LogP contribution in [0.5, 0.6) is 0 Å². The Morgan fingerprint density at radius 1 is 1.33 bits per heavy atom. The summed E-state index contributed by atoms with van der Waals surface area (Å²) >= 11 is 1.68. The first-order valence-corrected chi connectivity index (χ1v) is 9.28. The Morgan fingerprint density at radius 2 is 2.17 bits per heavy atom. The van der Waals surface area contributed by atoms with Gasteiger partial charge in [-0.1, -0.05) is 30.3 Å². The van der Waals surface area contributed by atoms with E-state index in [4.69, 9.17) is 4.74 Å². The van der Waals surface area contributed by atoms with Crippen LogP contribution < -0.4 is 4.90 Å². The molecule has 1 aromatic carbocycles. The number of aliphatic hydroxyl groups excluding tert-OH is 1. The second-order valence-electron chi connectivity index (χ2n) is 6.27. The van der Waals surface area contributed by atoms with E-state index in [0.717, 1.165) is 30.3 Å². The van der Waals surface area contributed by atoms with Gasteiger partial charge in [0.25, 0.3) is 0 Å². The van der Waals surface area contributed by atoms with Gasteiger partial charge in [0.05, 0.1) is 19.3 Å². The van der Waals surface area contributed by atoms with Crippen molar-refractivity contribution in [3.63, 3.8) is 0 Å². The number of anilines is 1. The quantitative estimate of drug-likeness (QED) is 0.832. The molecule has 1 aliphatic heterocycles. The molecule has 0 aliphatic carbocycles. The molecule has 0 amide bonds. The first kappa shape index (κ1) is 17.4. The van der Waals surface area contributed by atoms with E-state index in [2.05, 4.69) is 21.7 Å². The van der Waals surface area contributed by atoms with Gasteiger partial charge in [-0.25, -0.2) is 4.98 Å². The van der Waals surface area contributed by atoms with Crippen LogP contribution in [0.15, 0.2) is 41.9 Å². The minimum absolute atomic E-state index is 0.371. The average molecular weight is 347 g/mol. The van der Waals surface area contributed by atoms with Crippen LogP contribution in [0.1, 0.15) is 12.5 Å². The normalized spacial score (nSPS) is 20.2. The number of hydrogen-bond acceptors (Lipinski definition) is 6. The van der Waals surface area contributed by atoms with Crippen LogP contribution in [0.4, 0.5) is 5.13 Å². The lowest BCUT2D eigenvalue weighted by atomic mass is 10.2. The van der Waals surface area contributed by atoms with Crippen molar-refractivity contribution < 1.29 is 9.84 Å². The highest BCUT2D eigenvalue weighted by Crippen LogP contribution is 2.22. The molecule has 1 aliphatic rings. The summed E-state index contributed by atoms with van der Waals surface area (Å²) in [5, 5.41) is 13.3. The number of aromatic nitrogens is 1. The molecule has 0 saturated carbocycles. The van der Waals surface area contributed by atoms with Crippen LogP contribution in [-0.4, -0.2) is 59.9 Å². The van der Waals surface area contributed by atoms with Gasteiger partial charge >= 0.3 is 0 Å². The van der Waals surface area contributed by atoms with Gasteiger partial charge in [0, 0.05) is 43.8 Å². The molecule has 5 nitrogen and oxygen atoms in total. The summed E-state index contributed by atoms with van der Waals surface area (Å²) in [6, 6.07) is 10.5. The molecule has 1 fully saturated rings. The van der Waals surface area contributed by atoms with Crippen molar-refractivity contribution in [3.05, 3.63) is 47.5 Å². The molecule has 3 rings (SSSR count). The van der Waals surface area contributed by atoms with Crippen molar-refractivity contribution >= 4 is 16.5 Å². The van der Waals surface area contributed by atoms with E-state index in [1.165, 1.54) is 0 Å². The number of aliphatic hydroxyl groups is 1. The molecule has 2 heterocycles. The molecule has 0 spiro atoms. The molecule has 1 aromatic heterocycles. The van der Waals surface area contributed by atoms with Gasteiger partial charge in [-0.05, 0) is 12.5 Å². The summed E-state index contributed by atoms with van der Waals surface area (Å²) in [5.41, 5.74) is 1.13. The summed E-state index contributed by atoms with van der Waals surface area (Å²) < 4.78 is 5.63. The third-order valence-corrected chi connectivity index (χ3v) is 5.08. The van der Waals surface area contributed by atoms with Gasteiger partial charge in [0.1, 0.15) is 0 Å². The number of hydrogen-bond donors (Lipinski definition) is 1. The minimum Gasteiger partial charge on any atom is -0.389 e. The number of β-amino-alcohol motifs (C(OH)–C–C–N with tert-alkyl or cyclic N) is 1. The molecule has 0 radical (unpaired) electrons. The zero-order valence-corrected chi connectivity index (χ0v) is 14.9. The highest BCUT2D eigenvalue weighted by atomic mass is 32.1. The van der Waals surface area contributed by atoms with Gasteiger partial charge in [-0.15, -0.1) is 11.3 Å². The van der Waals surface area contributed by atoms with Crippen molar-refractivity contribution in [2.24, 2.45) is 0 Å². The number of thiazole rings is 1. The molecule has 2 aromatic rings. The van der Waals surface area contributed by atoms with Gasteiger partial charge < -0.3 is 14.7 Å². The van der Waals surface area contributed by atoms with Crippen molar-refractivity contribution in [1.82, 2.24) is 9.88 Å². The number of benzene rings is 1. The van der Waals surface area contributed by atoms with Crippen LogP contribution >= 0.6 is 11.3 Å². The Balaban J connectivity index is 1.39. The lowest BCUT2D eigenvalue weighted by Gasteiger charge is -2.40. The van der Waals surface area contributed by atoms with Gasteiger partial charge in [0.2, 0.25) is 0 Å². The van der Waals surface area contributed by atoms with E-state index >= 15 is 0 Å². The Bertz CT molecular complexity index is 594. The first-order valence-electron chi connectivity index (χ1n) is 8.40. The predicted octanol–water partition coefficient (Wildman–Crippen LogP) is 2.23. The average Bonchev–Trinajstić information content (AvgIpc) is 3.10. The smallest absolute Gasteiger partial charge is 0.185 e. The molecule has 24 heavy (non-hydrogen) atoms. The summed E-state index contributed by atoms with van der Waals surface area (Å²) in [4.78, 5) is 9.06. The molecule has 2 atom stereocenters. The highest BCUT2D eigenvalue weighted by molar-refractivity contribution is 7.13. The third kappa shape index (κ3) is 4.77. The van der Waals surface area contributed by atoms with Crippen LogP contribution in [-0.2, 0) is 11.3 Å². The monoisotopic (exact) mass is 347 g/mol.